The van der Waals surface area contributed by atoms with Gasteiger partial charge in [0.05, 0.1) is 12.7 Å². The van der Waals surface area contributed by atoms with Crippen LogP contribution in [-0.4, -0.2) is 11.7 Å². The number of benzene rings is 2. The second-order valence-corrected chi connectivity index (χ2v) is 5.15. The van der Waals surface area contributed by atoms with E-state index in [2.05, 4.69) is 12.1 Å². The van der Waals surface area contributed by atoms with Crippen molar-refractivity contribution in [1.29, 1.82) is 0 Å². The standard InChI is InChI=1S/C18H21FO2/c1-14(20)17-11-10-16(13-18(17)19)21-12-6-5-9-15-7-3-2-4-8-15/h2-4,7-8,10-11,13-14,20H,5-6,9,12H2,1H3. The number of aliphatic hydroxyl groups is 1. The lowest BCUT2D eigenvalue weighted by Gasteiger charge is -2.10. The summed E-state index contributed by atoms with van der Waals surface area (Å²) in [5.74, 6) is 0.0865. The summed E-state index contributed by atoms with van der Waals surface area (Å²) < 4.78 is 19.2. The quantitative estimate of drug-likeness (QED) is 0.770. The van der Waals surface area contributed by atoms with Gasteiger partial charge in [0, 0.05) is 11.6 Å². The summed E-state index contributed by atoms with van der Waals surface area (Å²) >= 11 is 0. The van der Waals surface area contributed by atoms with E-state index < -0.39 is 11.9 Å². The lowest BCUT2D eigenvalue weighted by atomic mass is 10.1. The molecule has 3 heteroatoms. The predicted octanol–water partition coefficient (Wildman–Crippen LogP) is 4.28. The summed E-state index contributed by atoms with van der Waals surface area (Å²) in [7, 11) is 0. The van der Waals surface area contributed by atoms with Gasteiger partial charge in [-0.1, -0.05) is 30.3 Å². The Hall–Kier alpha value is -1.87. The molecule has 1 unspecified atom stereocenters. The first-order valence-electron chi connectivity index (χ1n) is 7.31. The van der Waals surface area contributed by atoms with Crippen molar-refractivity contribution in [1.82, 2.24) is 0 Å². The molecule has 2 aromatic rings. The normalized spacial score (nSPS) is 12.1. The maximum atomic E-state index is 13.7. The van der Waals surface area contributed by atoms with Crippen molar-refractivity contribution >= 4 is 0 Å². The van der Waals surface area contributed by atoms with E-state index in [4.69, 9.17) is 4.74 Å². The first-order chi connectivity index (χ1) is 10.2. The zero-order valence-electron chi connectivity index (χ0n) is 12.3. The molecular weight excluding hydrogens is 267 g/mol. The first-order valence-corrected chi connectivity index (χ1v) is 7.31. The van der Waals surface area contributed by atoms with Gasteiger partial charge < -0.3 is 9.84 Å². The SMILES string of the molecule is CC(O)c1ccc(OCCCCc2ccccc2)cc1F. The van der Waals surface area contributed by atoms with Gasteiger partial charge >= 0.3 is 0 Å². The summed E-state index contributed by atoms with van der Waals surface area (Å²) in [6, 6.07) is 14.9. The highest BCUT2D eigenvalue weighted by Crippen LogP contribution is 2.21. The Labute approximate surface area is 125 Å². The summed E-state index contributed by atoms with van der Waals surface area (Å²) in [6.45, 7) is 2.11. The number of rotatable bonds is 7. The number of unbranched alkanes of at least 4 members (excludes halogenated alkanes) is 1. The molecule has 0 spiro atoms. The molecule has 0 bridgehead atoms. The van der Waals surface area contributed by atoms with Crippen LogP contribution >= 0.6 is 0 Å². The van der Waals surface area contributed by atoms with Crippen molar-refractivity contribution in [2.24, 2.45) is 0 Å². The Morgan fingerprint density at radius 3 is 2.52 bits per heavy atom. The topological polar surface area (TPSA) is 29.5 Å². The Morgan fingerprint density at radius 1 is 1.10 bits per heavy atom. The highest BCUT2D eigenvalue weighted by Gasteiger charge is 2.08. The fourth-order valence-corrected chi connectivity index (χ4v) is 2.20. The molecule has 21 heavy (non-hydrogen) atoms. The number of halogens is 1. The predicted molar refractivity (Wildman–Crippen MR) is 81.9 cm³/mol. The number of aliphatic hydroxyl groups excluding tert-OH is 1. The number of hydrogen-bond donors (Lipinski definition) is 1. The van der Waals surface area contributed by atoms with Gasteiger partial charge in [-0.05, 0) is 43.9 Å². The largest absolute Gasteiger partial charge is 0.493 e. The van der Waals surface area contributed by atoms with Crippen LogP contribution in [0.2, 0.25) is 0 Å². The van der Waals surface area contributed by atoms with Crippen molar-refractivity contribution in [3.63, 3.8) is 0 Å². The molecule has 0 amide bonds. The molecule has 0 fully saturated rings. The second-order valence-electron chi connectivity index (χ2n) is 5.15. The summed E-state index contributed by atoms with van der Waals surface area (Å²) in [5, 5.41) is 9.37. The third-order valence-electron chi connectivity index (χ3n) is 3.39. The van der Waals surface area contributed by atoms with Gasteiger partial charge in [-0.15, -0.1) is 0 Å². The van der Waals surface area contributed by atoms with Crippen LogP contribution in [0, 0.1) is 5.82 Å². The Balaban J connectivity index is 1.72. The van der Waals surface area contributed by atoms with Crippen LogP contribution < -0.4 is 4.74 Å². The zero-order valence-corrected chi connectivity index (χ0v) is 12.3. The minimum atomic E-state index is -0.801. The van der Waals surface area contributed by atoms with Crippen LogP contribution in [0.25, 0.3) is 0 Å². The van der Waals surface area contributed by atoms with Crippen molar-refractivity contribution in [2.75, 3.05) is 6.61 Å². The molecule has 0 radical (unpaired) electrons. The fourth-order valence-electron chi connectivity index (χ4n) is 2.20. The summed E-state index contributed by atoms with van der Waals surface area (Å²) in [4.78, 5) is 0. The third kappa shape index (κ3) is 4.87. The minimum Gasteiger partial charge on any atom is -0.493 e. The van der Waals surface area contributed by atoms with Crippen LogP contribution in [0.3, 0.4) is 0 Å². The van der Waals surface area contributed by atoms with Gasteiger partial charge in [0.2, 0.25) is 0 Å². The lowest BCUT2D eigenvalue weighted by Crippen LogP contribution is -2.01. The van der Waals surface area contributed by atoms with E-state index in [0.29, 0.717) is 17.9 Å². The third-order valence-corrected chi connectivity index (χ3v) is 3.39. The molecule has 0 aliphatic rings. The molecule has 112 valence electrons. The van der Waals surface area contributed by atoms with Gasteiger partial charge in [-0.2, -0.15) is 0 Å². The van der Waals surface area contributed by atoms with Crippen molar-refractivity contribution in [2.45, 2.75) is 32.3 Å². The van der Waals surface area contributed by atoms with Crippen molar-refractivity contribution in [3.8, 4) is 5.75 Å². The zero-order chi connectivity index (χ0) is 15.1. The molecule has 2 rings (SSSR count). The van der Waals surface area contributed by atoms with E-state index in [9.17, 15) is 9.50 Å². The van der Waals surface area contributed by atoms with Crippen LogP contribution in [0.5, 0.6) is 5.75 Å². The van der Waals surface area contributed by atoms with E-state index in [1.165, 1.54) is 11.6 Å². The van der Waals surface area contributed by atoms with Crippen molar-refractivity contribution < 1.29 is 14.2 Å². The van der Waals surface area contributed by atoms with Crippen molar-refractivity contribution in [3.05, 3.63) is 65.5 Å². The maximum absolute atomic E-state index is 13.7. The minimum absolute atomic E-state index is 0.298. The molecular formula is C18H21FO2. The molecule has 0 heterocycles. The highest BCUT2D eigenvalue weighted by molar-refractivity contribution is 5.30. The molecule has 0 aliphatic heterocycles. The lowest BCUT2D eigenvalue weighted by molar-refractivity contribution is 0.194. The smallest absolute Gasteiger partial charge is 0.132 e. The molecule has 1 N–H and O–H groups in total. The fraction of sp³-hybridized carbons (Fsp3) is 0.333. The van der Waals surface area contributed by atoms with Gasteiger partial charge in [0.15, 0.2) is 0 Å². The van der Waals surface area contributed by atoms with Crippen LogP contribution in [0.1, 0.15) is 37.0 Å². The van der Waals surface area contributed by atoms with Gasteiger partial charge in [-0.3, -0.25) is 0 Å². The Bertz CT molecular complexity index is 552. The van der Waals surface area contributed by atoms with E-state index in [1.807, 2.05) is 18.2 Å². The van der Waals surface area contributed by atoms with Crippen LogP contribution in [-0.2, 0) is 6.42 Å². The van der Waals surface area contributed by atoms with E-state index >= 15 is 0 Å². The van der Waals surface area contributed by atoms with Crippen LogP contribution in [0.4, 0.5) is 4.39 Å². The molecule has 2 nitrogen and oxygen atoms in total. The summed E-state index contributed by atoms with van der Waals surface area (Å²) in [6.07, 6.45) is 2.19. The van der Waals surface area contributed by atoms with Crippen LogP contribution in [0.15, 0.2) is 48.5 Å². The van der Waals surface area contributed by atoms with Gasteiger partial charge in [0.25, 0.3) is 0 Å². The summed E-state index contributed by atoms with van der Waals surface area (Å²) in [5.41, 5.74) is 1.62. The second kappa shape index (κ2) is 7.79. The molecule has 0 saturated carbocycles. The molecule has 2 aromatic carbocycles. The van der Waals surface area contributed by atoms with E-state index in [-0.39, 0.29) is 0 Å². The first kappa shape index (κ1) is 15.5. The average molecular weight is 288 g/mol. The average Bonchev–Trinajstić information content (AvgIpc) is 2.47. The molecule has 1 atom stereocenters. The van der Waals surface area contributed by atoms with E-state index in [0.717, 1.165) is 19.3 Å². The monoisotopic (exact) mass is 288 g/mol. The maximum Gasteiger partial charge on any atom is 0.132 e. The Morgan fingerprint density at radius 2 is 1.86 bits per heavy atom. The Kier molecular flexibility index (Phi) is 5.76. The van der Waals surface area contributed by atoms with Gasteiger partial charge in [0.1, 0.15) is 11.6 Å². The number of aryl methyl sites for hydroxylation is 1. The molecule has 0 saturated heterocycles. The molecule has 0 aromatic heterocycles. The molecule has 0 aliphatic carbocycles. The van der Waals surface area contributed by atoms with Gasteiger partial charge in [-0.25, -0.2) is 4.39 Å². The number of ether oxygens (including phenoxy) is 1. The highest BCUT2D eigenvalue weighted by atomic mass is 19.1. The van der Waals surface area contributed by atoms with E-state index in [1.54, 1.807) is 19.1 Å². The number of hydrogen-bond acceptors (Lipinski definition) is 2.